The maximum absolute atomic E-state index is 10.5. The summed E-state index contributed by atoms with van der Waals surface area (Å²) in [5.74, 6) is -0.820. The van der Waals surface area contributed by atoms with Crippen LogP contribution in [-0.4, -0.2) is 23.8 Å². The van der Waals surface area contributed by atoms with Gasteiger partial charge in [-0.2, -0.15) is 0 Å². The van der Waals surface area contributed by atoms with Gasteiger partial charge in [-0.3, -0.25) is 4.79 Å². The Morgan fingerprint density at radius 3 is 3.31 bits per heavy atom. The monoisotopic (exact) mass is 178 g/mol. The van der Waals surface area contributed by atoms with E-state index in [9.17, 15) is 4.79 Å². The molecule has 1 aliphatic carbocycles. The Morgan fingerprint density at radius 2 is 2.54 bits per heavy atom. The van der Waals surface area contributed by atoms with Crippen LogP contribution in [0, 0.1) is 0 Å². The molecule has 1 N–H and O–H groups in total. The van der Waals surface area contributed by atoms with Crippen LogP contribution in [0.15, 0.2) is 35.5 Å². The largest absolute Gasteiger partial charge is 0.481 e. The average molecular weight is 178 g/mol. The van der Waals surface area contributed by atoms with E-state index in [1.807, 2.05) is 24.3 Å². The molecule has 13 heavy (non-hydrogen) atoms. The predicted molar refractivity (Wildman–Crippen MR) is 47.3 cm³/mol. The first-order valence-electron chi connectivity index (χ1n) is 4.19. The van der Waals surface area contributed by atoms with Crippen molar-refractivity contribution in [2.75, 3.05) is 6.61 Å². The lowest BCUT2D eigenvalue weighted by atomic mass is 9.99. The highest BCUT2D eigenvalue weighted by Crippen LogP contribution is 2.28. The molecule has 3 nitrogen and oxygen atoms in total. The quantitative estimate of drug-likeness (QED) is 0.692. The smallest absolute Gasteiger partial charge is 0.306 e. The molecule has 68 valence electrons. The third kappa shape index (κ3) is 1.55. The third-order valence-corrected chi connectivity index (χ3v) is 2.19. The Kier molecular flexibility index (Phi) is 2.02. The molecule has 1 atom stereocenters. The lowest BCUT2D eigenvalue weighted by Gasteiger charge is -2.22. The maximum atomic E-state index is 10.5. The van der Waals surface area contributed by atoms with E-state index in [0.717, 1.165) is 11.1 Å². The summed E-state index contributed by atoms with van der Waals surface area (Å²) < 4.78 is 5.34. The van der Waals surface area contributed by atoms with Crippen molar-refractivity contribution in [2.24, 2.45) is 0 Å². The van der Waals surface area contributed by atoms with Crippen LogP contribution < -0.4 is 0 Å². The zero-order valence-electron chi connectivity index (χ0n) is 7.06. The Bertz CT molecular complexity index is 323. The van der Waals surface area contributed by atoms with Crippen molar-refractivity contribution in [1.29, 1.82) is 0 Å². The van der Waals surface area contributed by atoms with Gasteiger partial charge in [0.05, 0.1) is 19.1 Å². The van der Waals surface area contributed by atoms with Crippen molar-refractivity contribution in [1.82, 2.24) is 0 Å². The minimum Gasteiger partial charge on any atom is -0.481 e. The molecule has 0 bridgehead atoms. The number of hydrogen-bond acceptors (Lipinski definition) is 2. The number of hydrogen-bond donors (Lipinski definition) is 1. The second-order valence-corrected chi connectivity index (χ2v) is 3.06. The van der Waals surface area contributed by atoms with E-state index < -0.39 is 5.97 Å². The van der Waals surface area contributed by atoms with Crippen LogP contribution in [0.3, 0.4) is 0 Å². The number of allylic oxidation sites excluding steroid dienone is 3. The minimum atomic E-state index is -0.820. The van der Waals surface area contributed by atoms with E-state index in [-0.39, 0.29) is 12.5 Å². The third-order valence-electron chi connectivity index (χ3n) is 2.19. The van der Waals surface area contributed by atoms with E-state index in [2.05, 4.69) is 0 Å². The Morgan fingerprint density at radius 1 is 1.69 bits per heavy atom. The first-order chi connectivity index (χ1) is 6.27. The number of carbonyl (C=O) groups is 1. The number of carboxylic acids is 1. The molecule has 0 amide bonds. The van der Waals surface area contributed by atoms with Gasteiger partial charge >= 0.3 is 5.97 Å². The van der Waals surface area contributed by atoms with Crippen molar-refractivity contribution < 1.29 is 14.6 Å². The van der Waals surface area contributed by atoms with Gasteiger partial charge in [-0.1, -0.05) is 24.3 Å². The van der Waals surface area contributed by atoms with E-state index in [1.165, 1.54) is 0 Å². The van der Waals surface area contributed by atoms with Gasteiger partial charge < -0.3 is 9.84 Å². The zero-order chi connectivity index (χ0) is 9.26. The molecule has 0 aromatic rings. The average Bonchev–Trinajstić information content (AvgIpc) is 2.51. The van der Waals surface area contributed by atoms with E-state index >= 15 is 0 Å². The molecule has 0 fully saturated rings. The van der Waals surface area contributed by atoms with Crippen molar-refractivity contribution in [3.05, 3.63) is 35.5 Å². The number of ether oxygens (including phenoxy) is 1. The predicted octanol–water partition coefficient (Wildman–Crippen LogP) is 1.28. The minimum absolute atomic E-state index is 0.0465. The van der Waals surface area contributed by atoms with E-state index in [4.69, 9.17) is 9.84 Å². The van der Waals surface area contributed by atoms with Crippen LogP contribution >= 0.6 is 0 Å². The summed E-state index contributed by atoms with van der Waals surface area (Å²) in [6.07, 6.45) is 7.56. The van der Waals surface area contributed by atoms with Crippen molar-refractivity contribution in [3.8, 4) is 0 Å². The molecule has 0 saturated carbocycles. The molecule has 0 radical (unpaired) electrons. The number of aliphatic carboxylic acids is 1. The summed E-state index contributed by atoms with van der Waals surface area (Å²) in [7, 11) is 0. The van der Waals surface area contributed by atoms with Gasteiger partial charge in [0.15, 0.2) is 0 Å². The van der Waals surface area contributed by atoms with Gasteiger partial charge in [0.1, 0.15) is 0 Å². The van der Waals surface area contributed by atoms with Crippen LogP contribution in [0.1, 0.15) is 6.42 Å². The zero-order valence-corrected chi connectivity index (χ0v) is 7.06. The Labute approximate surface area is 76.0 Å². The summed E-state index contributed by atoms with van der Waals surface area (Å²) in [5, 5.41) is 8.64. The van der Waals surface area contributed by atoms with Crippen LogP contribution in [0.25, 0.3) is 0 Å². The SMILES string of the molecule is O=C(O)C[C@@H]1OCC=C2C=CC=C21. The lowest BCUT2D eigenvalue weighted by molar-refractivity contribution is -0.139. The topological polar surface area (TPSA) is 46.5 Å². The van der Waals surface area contributed by atoms with Gasteiger partial charge in [-0.15, -0.1) is 0 Å². The second kappa shape index (κ2) is 3.18. The molecule has 1 heterocycles. The van der Waals surface area contributed by atoms with Gasteiger partial charge in [0.25, 0.3) is 0 Å². The number of fused-ring (bicyclic) bond motifs is 1. The molecule has 0 saturated heterocycles. The normalized spacial score (nSPS) is 25.1. The van der Waals surface area contributed by atoms with Crippen molar-refractivity contribution in [2.45, 2.75) is 12.5 Å². The molecular weight excluding hydrogens is 168 g/mol. The fraction of sp³-hybridized carbons (Fsp3) is 0.300. The molecule has 2 rings (SSSR count). The van der Waals surface area contributed by atoms with Crippen molar-refractivity contribution >= 4 is 5.97 Å². The molecule has 3 heteroatoms. The van der Waals surface area contributed by atoms with Gasteiger partial charge in [0, 0.05) is 0 Å². The van der Waals surface area contributed by atoms with E-state index in [1.54, 1.807) is 0 Å². The fourth-order valence-corrected chi connectivity index (χ4v) is 1.60. The van der Waals surface area contributed by atoms with Crippen LogP contribution in [-0.2, 0) is 9.53 Å². The van der Waals surface area contributed by atoms with Gasteiger partial charge in [-0.05, 0) is 11.1 Å². The molecule has 0 aromatic heterocycles. The van der Waals surface area contributed by atoms with Crippen LogP contribution in [0.5, 0.6) is 0 Å². The highest BCUT2D eigenvalue weighted by Gasteiger charge is 2.24. The number of rotatable bonds is 2. The first-order valence-corrected chi connectivity index (χ1v) is 4.19. The first kappa shape index (κ1) is 8.26. The van der Waals surface area contributed by atoms with Crippen LogP contribution in [0.2, 0.25) is 0 Å². The van der Waals surface area contributed by atoms with E-state index in [0.29, 0.717) is 6.61 Å². The highest BCUT2D eigenvalue weighted by atomic mass is 16.5. The molecule has 1 aliphatic heterocycles. The molecule has 2 aliphatic rings. The van der Waals surface area contributed by atoms with Crippen molar-refractivity contribution in [3.63, 3.8) is 0 Å². The molecule has 0 aromatic carbocycles. The summed E-state index contributed by atoms with van der Waals surface area (Å²) in [6.45, 7) is 0.509. The van der Waals surface area contributed by atoms with Crippen LogP contribution in [0.4, 0.5) is 0 Å². The fourth-order valence-electron chi connectivity index (χ4n) is 1.60. The standard InChI is InChI=1S/C10H10O3/c11-10(12)6-9-8-3-1-2-7(8)4-5-13-9/h1-4,9H,5-6H2,(H,11,12)/t9-/m0/s1. The second-order valence-electron chi connectivity index (χ2n) is 3.06. The van der Waals surface area contributed by atoms with Gasteiger partial charge in [-0.25, -0.2) is 0 Å². The van der Waals surface area contributed by atoms with Gasteiger partial charge in [0.2, 0.25) is 0 Å². The summed E-state index contributed by atoms with van der Waals surface area (Å²) in [5.41, 5.74) is 2.10. The summed E-state index contributed by atoms with van der Waals surface area (Å²) in [6, 6.07) is 0. The maximum Gasteiger partial charge on any atom is 0.306 e. The Balaban J connectivity index is 2.16. The lowest BCUT2D eigenvalue weighted by Crippen LogP contribution is -2.23. The molecular formula is C10H10O3. The Hall–Kier alpha value is -1.35. The molecule has 0 unspecified atom stereocenters. The highest BCUT2D eigenvalue weighted by molar-refractivity contribution is 5.69. The molecule has 0 spiro atoms. The summed E-state index contributed by atoms with van der Waals surface area (Å²) in [4.78, 5) is 10.5. The summed E-state index contributed by atoms with van der Waals surface area (Å²) >= 11 is 0. The number of carboxylic acid groups (broad SMARTS) is 1.